The molecule has 3 rings (SSSR count). The average molecular weight is 303 g/mol. The predicted molar refractivity (Wildman–Crippen MR) is 79.7 cm³/mol. The minimum atomic E-state index is -0.300. The smallest absolute Gasteiger partial charge is 0.123 e. The number of nitrogens with zero attached hydrogens (tertiary/aromatic N) is 3. The van der Waals surface area contributed by atoms with Crippen LogP contribution in [-0.4, -0.2) is 15.0 Å². The Balaban J connectivity index is 2.16. The van der Waals surface area contributed by atoms with Crippen LogP contribution in [0.1, 0.15) is 5.69 Å². The molecule has 0 saturated carbocycles. The fourth-order valence-electron chi connectivity index (χ4n) is 2.11. The predicted octanol–water partition coefficient (Wildman–Crippen LogP) is 3.19. The van der Waals surface area contributed by atoms with Crippen LogP contribution in [0.4, 0.5) is 4.39 Å². The molecule has 21 heavy (non-hydrogen) atoms. The molecule has 4 nitrogen and oxygen atoms in total. The average Bonchev–Trinajstić information content (AvgIpc) is 2.93. The fourth-order valence-corrected chi connectivity index (χ4v) is 2.24. The highest BCUT2D eigenvalue weighted by molar-refractivity contribution is 6.30. The third-order valence-corrected chi connectivity index (χ3v) is 3.37. The zero-order chi connectivity index (χ0) is 14.8. The van der Waals surface area contributed by atoms with E-state index in [0.717, 1.165) is 11.3 Å². The minimum absolute atomic E-state index is 0.263. The van der Waals surface area contributed by atoms with Crippen molar-refractivity contribution < 1.29 is 4.39 Å². The molecule has 0 amide bonds. The first-order valence-electron chi connectivity index (χ1n) is 6.35. The number of halogens is 2. The SMILES string of the molecule is NCc1nnn(-c2ccc(F)cc2)c1-c1ccc(Cl)cc1. The van der Waals surface area contributed by atoms with Crippen LogP contribution in [0.15, 0.2) is 48.5 Å². The Hall–Kier alpha value is -2.24. The molecule has 6 heteroatoms. The molecule has 0 atom stereocenters. The van der Waals surface area contributed by atoms with Gasteiger partial charge in [0.15, 0.2) is 0 Å². The van der Waals surface area contributed by atoms with Crippen LogP contribution in [0.3, 0.4) is 0 Å². The molecular formula is C15H12ClFN4. The van der Waals surface area contributed by atoms with Crippen molar-refractivity contribution in [3.05, 3.63) is 65.1 Å². The van der Waals surface area contributed by atoms with Gasteiger partial charge in [-0.25, -0.2) is 9.07 Å². The zero-order valence-electron chi connectivity index (χ0n) is 11.0. The second-order valence-electron chi connectivity index (χ2n) is 4.48. The van der Waals surface area contributed by atoms with Crippen LogP contribution < -0.4 is 5.73 Å². The van der Waals surface area contributed by atoms with Crippen LogP contribution in [0.2, 0.25) is 5.02 Å². The second kappa shape index (κ2) is 5.63. The first-order chi connectivity index (χ1) is 10.2. The number of hydrogen-bond acceptors (Lipinski definition) is 3. The van der Waals surface area contributed by atoms with Gasteiger partial charge in [0.05, 0.1) is 11.4 Å². The van der Waals surface area contributed by atoms with Gasteiger partial charge in [-0.1, -0.05) is 28.9 Å². The highest BCUT2D eigenvalue weighted by atomic mass is 35.5. The molecule has 0 aliphatic carbocycles. The van der Waals surface area contributed by atoms with Gasteiger partial charge >= 0.3 is 0 Å². The Morgan fingerprint density at radius 2 is 1.71 bits per heavy atom. The van der Waals surface area contributed by atoms with Gasteiger partial charge in [-0.3, -0.25) is 0 Å². The molecule has 0 saturated heterocycles. The van der Waals surface area contributed by atoms with Gasteiger partial charge in [0.2, 0.25) is 0 Å². The molecule has 1 aromatic heterocycles. The van der Waals surface area contributed by atoms with Gasteiger partial charge in [0.25, 0.3) is 0 Å². The molecule has 3 aromatic rings. The molecule has 0 unspecified atom stereocenters. The van der Waals surface area contributed by atoms with E-state index in [-0.39, 0.29) is 12.4 Å². The summed E-state index contributed by atoms with van der Waals surface area (Å²) >= 11 is 5.92. The van der Waals surface area contributed by atoms with E-state index in [0.29, 0.717) is 16.4 Å². The molecule has 0 aliphatic rings. The Bertz CT molecular complexity index is 750. The van der Waals surface area contributed by atoms with Gasteiger partial charge in [-0.15, -0.1) is 5.10 Å². The summed E-state index contributed by atoms with van der Waals surface area (Å²) < 4.78 is 14.7. The van der Waals surface area contributed by atoms with Crippen LogP contribution in [-0.2, 0) is 6.54 Å². The monoisotopic (exact) mass is 302 g/mol. The third kappa shape index (κ3) is 2.66. The number of rotatable bonds is 3. The highest BCUT2D eigenvalue weighted by Gasteiger charge is 2.15. The molecular weight excluding hydrogens is 291 g/mol. The van der Waals surface area contributed by atoms with Crippen molar-refractivity contribution >= 4 is 11.6 Å². The maximum Gasteiger partial charge on any atom is 0.123 e. The second-order valence-corrected chi connectivity index (χ2v) is 4.92. The van der Waals surface area contributed by atoms with E-state index < -0.39 is 0 Å². The summed E-state index contributed by atoms with van der Waals surface area (Å²) in [6.45, 7) is 0.263. The van der Waals surface area contributed by atoms with E-state index in [1.807, 2.05) is 12.1 Å². The van der Waals surface area contributed by atoms with E-state index in [1.54, 1.807) is 28.9 Å². The standard InChI is InChI=1S/C15H12ClFN4/c16-11-3-1-10(2-4-11)15-14(9-18)19-20-21(15)13-7-5-12(17)6-8-13/h1-8H,9,18H2. The number of aromatic nitrogens is 3. The number of nitrogens with two attached hydrogens (primary N) is 1. The van der Waals surface area contributed by atoms with Crippen molar-refractivity contribution in [2.45, 2.75) is 6.54 Å². The lowest BCUT2D eigenvalue weighted by Gasteiger charge is -2.08. The van der Waals surface area contributed by atoms with Crippen LogP contribution in [0, 0.1) is 5.82 Å². The molecule has 0 radical (unpaired) electrons. The summed E-state index contributed by atoms with van der Waals surface area (Å²) in [6, 6.07) is 13.4. The maximum absolute atomic E-state index is 13.1. The van der Waals surface area contributed by atoms with E-state index >= 15 is 0 Å². The Kier molecular flexibility index (Phi) is 3.68. The normalized spacial score (nSPS) is 10.8. The number of hydrogen-bond donors (Lipinski definition) is 1. The Labute approximate surface area is 126 Å². The van der Waals surface area contributed by atoms with Crippen LogP contribution in [0.25, 0.3) is 16.9 Å². The summed E-state index contributed by atoms with van der Waals surface area (Å²) in [5.41, 5.74) is 8.79. The largest absolute Gasteiger partial charge is 0.325 e. The van der Waals surface area contributed by atoms with Gasteiger partial charge < -0.3 is 5.73 Å². The van der Waals surface area contributed by atoms with Gasteiger partial charge in [0.1, 0.15) is 11.5 Å². The summed E-state index contributed by atoms with van der Waals surface area (Å²) in [4.78, 5) is 0. The van der Waals surface area contributed by atoms with Crippen molar-refractivity contribution in [3.63, 3.8) is 0 Å². The van der Waals surface area contributed by atoms with E-state index in [9.17, 15) is 4.39 Å². The zero-order valence-corrected chi connectivity index (χ0v) is 11.8. The molecule has 2 N–H and O–H groups in total. The van der Waals surface area contributed by atoms with Gasteiger partial charge in [0, 0.05) is 17.1 Å². The van der Waals surface area contributed by atoms with Crippen molar-refractivity contribution in [1.29, 1.82) is 0 Å². The minimum Gasteiger partial charge on any atom is -0.325 e. The summed E-state index contributed by atoms with van der Waals surface area (Å²) in [6.07, 6.45) is 0. The molecule has 0 spiro atoms. The van der Waals surface area contributed by atoms with Crippen molar-refractivity contribution in [1.82, 2.24) is 15.0 Å². The quantitative estimate of drug-likeness (QED) is 0.808. The first kappa shape index (κ1) is 13.7. The molecule has 0 aliphatic heterocycles. The van der Waals surface area contributed by atoms with Crippen LogP contribution in [0.5, 0.6) is 0 Å². The van der Waals surface area contributed by atoms with Gasteiger partial charge in [-0.2, -0.15) is 0 Å². The summed E-state index contributed by atoms with van der Waals surface area (Å²) in [5.74, 6) is -0.300. The highest BCUT2D eigenvalue weighted by Crippen LogP contribution is 2.26. The van der Waals surface area contributed by atoms with Gasteiger partial charge in [-0.05, 0) is 36.4 Å². The summed E-state index contributed by atoms with van der Waals surface area (Å²) in [5, 5.41) is 8.86. The lowest BCUT2D eigenvalue weighted by atomic mass is 10.1. The topological polar surface area (TPSA) is 56.7 Å². The molecule has 0 fully saturated rings. The van der Waals surface area contributed by atoms with Crippen LogP contribution >= 0.6 is 11.6 Å². The van der Waals surface area contributed by atoms with E-state index in [4.69, 9.17) is 17.3 Å². The maximum atomic E-state index is 13.1. The third-order valence-electron chi connectivity index (χ3n) is 3.12. The fraction of sp³-hybridized carbons (Fsp3) is 0.0667. The Morgan fingerprint density at radius 3 is 2.33 bits per heavy atom. The van der Waals surface area contributed by atoms with E-state index in [1.165, 1.54) is 12.1 Å². The first-order valence-corrected chi connectivity index (χ1v) is 6.73. The van der Waals surface area contributed by atoms with E-state index in [2.05, 4.69) is 10.3 Å². The van der Waals surface area contributed by atoms with Crippen molar-refractivity contribution in [2.24, 2.45) is 5.73 Å². The van der Waals surface area contributed by atoms with Crippen molar-refractivity contribution in [3.8, 4) is 16.9 Å². The Morgan fingerprint density at radius 1 is 1.05 bits per heavy atom. The summed E-state index contributed by atoms with van der Waals surface area (Å²) in [7, 11) is 0. The lowest BCUT2D eigenvalue weighted by molar-refractivity contribution is 0.627. The molecule has 0 bridgehead atoms. The molecule has 2 aromatic carbocycles. The molecule has 1 heterocycles. The lowest BCUT2D eigenvalue weighted by Crippen LogP contribution is -2.02. The van der Waals surface area contributed by atoms with Crippen molar-refractivity contribution in [2.75, 3.05) is 0 Å². The number of benzene rings is 2. The molecule has 106 valence electrons.